The fourth-order valence-corrected chi connectivity index (χ4v) is 1.14. The Kier molecular flexibility index (Phi) is 3.89. The molecule has 1 aromatic carbocycles. The van der Waals surface area contributed by atoms with E-state index in [1.54, 1.807) is 0 Å². The van der Waals surface area contributed by atoms with Crippen LogP contribution in [0.5, 0.6) is 0 Å². The first kappa shape index (κ1) is 9.34. The predicted molar refractivity (Wildman–Crippen MR) is 54.3 cm³/mol. The molecule has 0 amide bonds. The molecule has 0 spiro atoms. The van der Waals surface area contributed by atoms with Crippen molar-refractivity contribution in [1.29, 1.82) is 0 Å². The molecule has 0 aliphatic carbocycles. The minimum atomic E-state index is 0.798. The molecule has 63 valence electrons. The summed E-state index contributed by atoms with van der Waals surface area (Å²) < 4.78 is 0. The molecular weight excluding hydrogens is 168 g/mol. The molecule has 0 atom stereocenters. The lowest BCUT2D eigenvalue weighted by Gasteiger charge is -1.97. The summed E-state index contributed by atoms with van der Waals surface area (Å²) in [5.41, 5.74) is 1.32. The van der Waals surface area contributed by atoms with Crippen LogP contribution in [-0.2, 0) is 6.42 Å². The maximum absolute atomic E-state index is 5.75. The number of aryl methyl sites for hydroxylation is 1. The van der Waals surface area contributed by atoms with Crippen molar-refractivity contribution < 1.29 is 0 Å². The van der Waals surface area contributed by atoms with Crippen LogP contribution in [0, 0.1) is 6.92 Å². The Hall–Kier alpha value is -0.750. The van der Waals surface area contributed by atoms with Gasteiger partial charge in [-0.15, -0.1) is 0 Å². The molecule has 0 aliphatic heterocycles. The minimum Gasteiger partial charge on any atom is -0.0882 e. The molecule has 1 rings (SSSR count). The third kappa shape index (κ3) is 3.10. The maximum Gasteiger partial charge on any atom is 0.0406 e. The van der Waals surface area contributed by atoms with E-state index in [0.29, 0.717) is 0 Å². The Labute approximate surface area is 78.9 Å². The molecule has 0 aliphatic rings. The van der Waals surface area contributed by atoms with Crippen molar-refractivity contribution >= 4 is 11.6 Å². The minimum absolute atomic E-state index is 0.798. The standard InChI is InChI=1S/C11H12Cl/c1-2-3-4-5-10-6-8-11(12)9-7-10/h2-3,6-9H,1,4-5H2/b3-2+. The Morgan fingerprint density at radius 1 is 1.25 bits per heavy atom. The Morgan fingerprint density at radius 2 is 1.92 bits per heavy atom. The topological polar surface area (TPSA) is 0 Å². The highest BCUT2D eigenvalue weighted by molar-refractivity contribution is 6.30. The van der Waals surface area contributed by atoms with Gasteiger partial charge in [0.1, 0.15) is 0 Å². The van der Waals surface area contributed by atoms with Crippen LogP contribution in [0.4, 0.5) is 0 Å². The molecule has 0 N–H and O–H groups in total. The van der Waals surface area contributed by atoms with E-state index < -0.39 is 0 Å². The van der Waals surface area contributed by atoms with Gasteiger partial charge in [0, 0.05) is 5.02 Å². The summed E-state index contributed by atoms with van der Waals surface area (Å²) in [6.07, 6.45) is 6.00. The van der Waals surface area contributed by atoms with Crippen molar-refractivity contribution in [2.75, 3.05) is 0 Å². The number of rotatable bonds is 3. The highest BCUT2D eigenvalue weighted by atomic mass is 35.5. The van der Waals surface area contributed by atoms with Crippen molar-refractivity contribution in [3.63, 3.8) is 0 Å². The van der Waals surface area contributed by atoms with E-state index in [1.807, 2.05) is 18.2 Å². The molecule has 0 saturated carbocycles. The number of hydrogen-bond donors (Lipinski definition) is 0. The Balaban J connectivity index is 2.47. The van der Waals surface area contributed by atoms with Gasteiger partial charge in [0.05, 0.1) is 0 Å². The van der Waals surface area contributed by atoms with Gasteiger partial charge in [-0.3, -0.25) is 0 Å². The van der Waals surface area contributed by atoms with Gasteiger partial charge in [0.2, 0.25) is 0 Å². The van der Waals surface area contributed by atoms with Gasteiger partial charge in [0.15, 0.2) is 0 Å². The fourth-order valence-electron chi connectivity index (χ4n) is 1.02. The zero-order valence-corrected chi connectivity index (χ0v) is 7.72. The van der Waals surface area contributed by atoms with Crippen molar-refractivity contribution in [2.24, 2.45) is 0 Å². The molecule has 0 bridgehead atoms. The van der Waals surface area contributed by atoms with Gasteiger partial charge < -0.3 is 0 Å². The molecule has 0 saturated heterocycles. The number of benzene rings is 1. The average Bonchev–Trinajstić information content (AvgIpc) is 2.09. The quantitative estimate of drug-likeness (QED) is 0.665. The van der Waals surface area contributed by atoms with Gasteiger partial charge >= 0.3 is 0 Å². The third-order valence-electron chi connectivity index (χ3n) is 1.68. The normalized spacial score (nSPS) is 10.8. The molecule has 0 fully saturated rings. The van der Waals surface area contributed by atoms with Crippen LogP contribution in [0.1, 0.15) is 12.0 Å². The lowest BCUT2D eigenvalue weighted by atomic mass is 10.1. The van der Waals surface area contributed by atoms with Gasteiger partial charge in [0.25, 0.3) is 0 Å². The second-order valence-corrected chi connectivity index (χ2v) is 3.07. The van der Waals surface area contributed by atoms with Gasteiger partial charge in [-0.25, -0.2) is 0 Å². The lowest BCUT2D eigenvalue weighted by Crippen LogP contribution is -1.81. The molecule has 0 nitrogen and oxygen atoms in total. The van der Waals surface area contributed by atoms with E-state index in [9.17, 15) is 0 Å². The summed E-state index contributed by atoms with van der Waals surface area (Å²) in [6.45, 7) is 3.63. The van der Waals surface area contributed by atoms with E-state index in [4.69, 9.17) is 11.6 Å². The molecular formula is C11H12Cl. The van der Waals surface area contributed by atoms with Gasteiger partial charge in [-0.1, -0.05) is 35.9 Å². The molecule has 0 heterocycles. The first-order valence-corrected chi connectivity index (χ1v) is 4.39. The molecule has 1 heteroatoms. The van der Waals surface area contributed by atoms with Crippen LogP contribution in [-0.4, -0.2) is 0 Å². The highest BCUT2D eigenvalue weighted by Gasteiger charge is 1.90. The van der Waals surface area contributed by atoms with E-state index in [0.717, 1.165) is 17.9 Å². The van der Waals surface area contributed by atoms with Crippen LogP contribution < -0.4 is 0 Å². The van der Waals surface area contributed by atoms with Crippen LogP contribution in [0.25, 0.3) is 0 Å². The summed E-state index contributed by atoms with van der Waals surface area (Å²) in [5.74, 6) is 0. The first-order chi connectivity index (χ1) is 5.83. The lowest BCUT2D eigenvalue weighted by molar-refractivity contribution is 1.00. The smallest absolute Gasteiger partial charge is 0.0406 e. The van der Waals surface area contributed by atoms with Crippen LogP contribution in [0.15, 0.2) is 36.4 Å². The second kappa shape index (κ2) is 5.00. The maximum atomic E-state index is 5.75. The monoisotopic (exact) mass is 179 g/mol. The molecule has 1 radical (unpaired) electrons. The SMILES string of the molecule is [CH2]/C=C/CCc1ccc(Cl)cc1. The molecule has 0 aromatic heterocycles. The average molecular weight is 180 g/mol. The largest absolute Gasteiger partial charge is 0.0882 e. The van der Waals surface area contributed by atoms with Crippen molar-refractivity contribution in [3.8, 4) is 0 Å². The summed E-state index contributed by atoms with van der Waals surface area (Å²) in [7, 11) is 0. The van der Waals surface area contributed by atoms with E-state index in [2.05, 4.69) is 25.1 Å². The van der Waals surface area contributed by atoms with Crippen LogP contribution in [0.2, 0.25) is 5.02 Å². The Morgan fingerprint density at radius 3 is 2.50 bits per heavy atom. The molecule has 0 unspecified atom stereocenters. The summed E-state index contributed by atoms with van der Waals surface area (Å²) in [4.78, 5) is 0. The van der Waals surface area contributed by atoms with E-state index in [1.165, 1.54) is 5.56 Å². The molecule has 1 aromatic rings. The molecule has 12 heavy (non-hydrogen) atoms. The van der Waals surface area contributed by atoms with Crippen molar-refractivity contribution in [1.82, 2.24) is 0 Å². The second-order valence-electron chi connectivity index (χ2n) is 2.64. The van der Waals surface area contributed by atoms with E-state index >= 15 is 0 Å². The van der Waals surface area contributed by atoms with Gasteiger partial charge in [-0.2, -0.15) is 0 Å². The Bertz CT molecular complexity index is 246. The highest BCUT2D eigenvalue weighted by Crippen LogP contribution is 2.10. The third-order valence-corrected chi connectivity index (χ3v) is 1.93. The summed E-state index contributed by atoms with van der Waals surface area (Å²) >= 11 is 5.75. The number of allylic oxidation sites excluding steroid dienone is 2. The zero-order valence-electron chi connectivity index (χ0n) is 6.96. The van der Waals surface area contributed by atoms with Crippen LogP contribution in [0.3, 0.4) is 0 Å². The summed E-state index contributed by atoms with van der Waals surface area (Å²) in [5, 5.41) is 0.798. The van der Waals surface area contributed by atoms with Crippen LogP contribution >= 0.6 is 11.6 Å². The van der Waals surface area contributed by atoms with Crippen molar-refractivity contribution in [2.45, 2.75) is 12.8 Å². The van der Waals surface area contributed by atoms with Gasteiger partial charge in [-0.05, 0) is 37.5 Å². The first-order valence-electron chi connectivity index (χ1n) is 4.01. The van der Waals surface area contributed by atoms with E-state index in [-0.39, 0.29) is 0 Å². The number of hydrogen-bond acceptors (Lipinski definition) is 0. The number of halogens is 1. The predicted octanol–water partition coefficient (Wildman–Crippen LogP) is 3.66. The van der Waals surface area contributed by atoms with Crippen molar-refractivity contribution in [3.05, 3.63) is 53.9 Å². The zero-order chi connectivity index (χ0) is 8.81. The fraction of sp³-hybridized carbons (Fsp3) is 0.182. The summed E-state index contributed by atoms with van der Waals surface area (Å²) in [6, 6.07) is 7.95.